The fourth-order valence-electron chi connectivity index (χ4n) is 4.50. The molecular weight excluding hydrogens is 410 g/mol. The smallest absolute Gasteiger partial charge is 0.221 e. The average molecular weight is 436 g/mol. The number of rotatable bonds is 7. The lowest BCUT2D eigenvalue weighted by Crippen LogP contribution is -2.31. The first-order valence-corrected chi connectivity index (χ1v) is 11.2. The lowest BCUT2D eigenvalue weighted by Gasteiger charge is -2.19. The van der Waals surface area contributed by atoms with Crippen molar-refractivity contribution in [3.63, 3.8) is 0 Å². The minimum atomic E-state index is -0.370. The Morgan fingerprint density at radius 3 is 2.48 bits per heavy atom. The standard InChI is InChI=1S/C28H25N3O2/c1-31-16-15-29-28(31)27(19-7-3-2-4-8-19)30-26(33)14-13-25(32)22-12-11-21-17-20-9-5-6-10-23(20)24(21)18-22/h2-12,15-16,18,27H,13-14,17H2,1H3,(H,30,33)/t27-/m0/s1. The van der Waals surface area contributed by atoms with E-state index in [2.05, 4.69) is 22.4 Å². The number of fused-ring (bicyclic) bond motifs is 3. The monoisotopic (exact) mass is 435 g/mol. The van der Waals surface area contributed by atoms with Crippen molar-refractivity contribution in [2.24, 2.45) is 7.05 Å². The summed E-state index contributed by atoms with van der Waals surface area (Å²) in [6, 6.07) is 23.6. The topological polar surface area (TPSA) is 64.0 Å². The van der Waals surface area contributed by atoms with Crippen molar-refractivity contribution in [3.05, 3.63) is 113 Å². The van der Waals surface area contributed by atoms with Gasteiger partial charge in [0, 0.05) is 37.8 Å². The van der Waals surface area contributed by atoms with Crippen LogP contribution < -0.4 is 5.32 Å². The second-order valence-corrected chi connectivity index (χ2v) is 8.44. The van der Waals surface area contributed by atoms with Gasteiger partial charge in [-0.2, -0.15) is 0 Å². The number of carbonyl (C=O) groups is 2. The van der Waals surface area contributed by atoms with Crippen LogP contribution in [0, 0.1) is 0 Å². The van der Waals surface area contributed by atoms with Crippen LogP contribution in [-0.4, -0.2) is 21.2 Å². The lowest BCUT2D eigenvalue weighted by molar-refractivity contribution is -0.121. The molecular formula is C28H25N3O2. The van der Waals surface area contributed by atoms with Gasteiger partial charge < -0.3 is 9.88 Å². The predicted molar refractivity (Wildman–Crippen MR) is 128 cm³/mol. The van der Waals surface area contributed by atoms with Crippen LogP contribution in [0.2, 0.25) is 0 Å². The van der Waals surface area contributed by atoms with Gasteiger partial charge in [-0.05, 0) is 40.3 Å². The highest BCUT2D eigenvalue weighted by molar-refractivity contribution is 5.99. The van der Waals surface area contributed by atoms with E-state index in [1.165, 1.54) is 16.7 Å². The Bertz CT molecular complexity index is 1320. The molecule has 0 saturated heterocycles. The zero-order chi connectivity index (χ0) is 22.8. The molecule has 3 aromatic carbocycles. The van der Waals surface area contributed by atoms with Crippen molar-refractivity contribution in [1.29, 1.82) is 0 Å². The molecule has 164 valence electrons. The van der Waals surface area contributed by atoms with Gasteiger partial charge in [0.25, 0.3) is 0 Å². The molecule has 1 aliphatic carbocycles. The van der Waals surface area contributed by atoms with Gasteiger partial charge in [-0.15, -0.1) is 0 Å². The quantitative estimate of drug-likeness (QED) is 0.371. The molecule has 33 heavy (non-hydrogen) atoms. The number of hydrogen-bond acceptors (Lipinski definition) is 3. The molecule has 1 aliphatic rings. The number of nitrogens with zero attached hydrogens (tertiary/aromatic N) is 2. The van der Waals surface area contributed by atoms with Crippen molar-refractivity contribution in [2.45, 2.75) is 25.3 Å². The Morgan fingerprint density at radius 2 is 1.70 bits per heavy atom. The summed E-state index contributed by atoms with van der Waals surface area (Å²) in [7, 11) is 1.90. The fraction of sp³-hybridized carbons (Fsp3) is 0.179. The second-order valence-electron chi connectivity index (χ2n) is 8.44. The number of hydrogen-bond donors (Lipinski definition) is 1. The van der Waals surface area contributed by atoms with E-state index >= 15 is 0 Å². The molecule has 1 heterocycles. The Hall–Kier alpha value is -3.99. The molecule has 5 nitrogen and oxygen atoms in total. The normalized spacial score (nSPS) is 12.6. The molecule has 0 unspecified atom stereocenters. The van der Waals surface area contributed by atoms with Crippen LogP contribution in [0.15, 0.2) is 85.2 Å². The molecule has 4 aromatic rings. The highest BCUT2D eigenvalue weighted by Crippen LogP contribution is 2.37. The third-order valence-electron chi connectivity index (χ3n) is 6.25. The van der Waals surface area contributed by atoms with Gasteiger partial charge >= 0.3 is 0 Å². The Kier molecular flexibility index (Phi) is 5.61. The van der Waals surface area contributed by atoms with E-state index in [9.17, 15) is 9.59 Å². The first kappa shape index (κ1) is 20.9. The molecule has 5 heteroatoms. The summed E-state index contributed by atoms with van der Waals surface area (Å²) >= 11 is 0. The van der Waals surface area contributed by atoms with Crippen LogP contribution in [0.3, 0.4) is 0 Å². The number of Topliss-reactive ketones (excluding diaryl/α,β-unsaturated/α-hetero) is 1. The zero-order valence-electron chi connectivity index (χ0n) is 18.5. The molecule has 0 fully saturated rings. The van der Waals surface area contributed by atoms with Gasteiger partial charge in [0.2, 0.25) is 5.91 Å². The van der Waals surface area contributed by atoms with Crippen molar-refractivity contribution in [3.8, 4) is 11.1 Å². The number of carbonyl (C=O) groups excluding carboxylic acids is 2. The zero-order valence-corrected chi connectivity index (χ0v) is 18.5. The van der Waals surface area contributed by atoms with Crippen LogP contribution in [0.1, 0.15) is 51.8 Å². The van der Waals surface area contributed by atoms with E-state index in [-0.39, 0.29) is 30.6 Å². The lowest BCUT2D eigenvalue weighted by atomic mass is 9.99. The third kappa shape index (κ3) is 4.22. The van der Waals surface area contributed by atoms with Gasteiger partial charge in [0.15, 0.2) is 5.78 Å². The number of nitrogens with one attached hydrogen (secondary N) is 1. The number of aryl methyl sites for hydroxylation is 1. The van der Waals surface area contributed by atoms with Crippen molar-refractivity contribution in [2.75, 3.05) is 0 Å². The second kappa shape index (κ2) is 8.87. The molecule has 5 rings (SSSR count). The van der Waals surface area contributed by atoms with Crippen LogP contribution in [0.4, 0.5) is 0 Å². The van der Waals surface area contributed by atoms with Crippen LogP contribution >= 0.6 is 0 Å². The number of amides is 1. The number of imidazole rings is 1. The summed E-state index contributed by atoms with van der Waals surface area (Å²) in [6.07, 6.45) is 4.75. The van der Waals surface area contributed by atoms with Gasteiger partial charge in [-0.3, -0.25) is 9.59 Å². The Balaban J connectivity index is 1.28. The number of aromatic nitrogens is 2. The number of ketones is 1. The van der Waals surface area contributed by atoms with Crippen LogP contribution in [-0.2, 0) is 18.3 Å². The minimum Gasteiger partial charge on any atom is -0.342 e. The molecule has 1 aromatic heterocycles. The van der Waals surface area contributed by atoms with Gasteiger partial charge in [-0.25, -0.2) is 4.98 Å². The van der Waals surface area contributed by atoms with Crippen molar-refractivity contribution in [1.82, 2.24) is 14.9 Å². The van der Waals surface area contributed by atoms with Crippen molar-refractivity contribution < 1.29 is 9.59 Å². The molecule has 0 radical (unpaired) electrons. The maximum Gasteiger partial charge on any atom is 0.221 e. The SMILES string of the molecule is Cn1ccnc1[C@@H](NC(=O)CCC(=O)c1ccc2c(c1)-c1ccccc1C2)c1ccccc1. The van der Waals surface area contributed by atoms with E-state index in [0.29, 0.717) is 5.56 Å². The maximum absolute atomic E-state index is 12.9. The predicted octanol–water partition coefficient (Wildman–Crippen LogP) is 4.86. The Labute approximate surface area is 193 Å². The van der Waals surface area contributed by atoms with Gasteiger partial charge in [0.1, 0.15) is 11.9 Å². The summed E-state index contributed by atoms with van der Waals surface area (Å²) in [4.78, 5) is 30.1. The largest absolute Gasteiger partial charge is 0.342 e. The van der Waals surface area contributed by atoms with Crippen molar-refractivity contribution >= 4 is 11.7 Å². The summed E-state index contributed by atoms with van der Waals surface area (Å²) in [6.45, 7) is 0. The highest BCUT2D eigenvalue weighted by atomic mass is 16.2. The first-order chi connectivity index (χ1) is 16.1. The maximum atomic E-state index is 12.9. The molecule has 1 atom stereocenters. The minimum absolute atomic E-state index is 0.0226. The van der Waals surface area contributed by atoms with Crippen LogP contribution in [0.25, 0.3) is 11.1 Å². The van der Waals surface area contributed by atoms with E-state index in [0.717, 1.165) is 23.4 Å². The molecule has 0 spiro atoms. The summed E-state index contributed by atoms with van der Waals surface area (Å²) in [5.41, 5.74) is 6.45. The third-order valence-corrected chi connectivity index (χ3v) is 6.25. The number of benzene rings is 3. The van der Waals surface area contributed by atoms with Gasteiger partial charge in [0.05, 0.1) is 0 Å². The van der Waals surface area contributed by atoms with Gasteiger partial charge in [-0.1, -0.05) is 66.7 Å². The summed E-state index contributed by atoms with van der Waals surface area (Å²) in [5, 5.41) is 3.06. The Morgan fingerprint density at radius 1 is 0.939 bits per heavy atom. The molecule has 1 amide bonds. The molecule has 1 N–H and O–H groups in total. The van der Waals surface area contributed by atoms with E-state index in [1.54, 1.807) is 6.20 Å². The average Bonchev–Trinajstić information content (AvgIpc) is 3.44. The molecule has 0 bridgehead atoms. The van der Waals surface area contributed by atoms with E-state index < -0.39 is 0 Å². The van der Waals surface area contributed by atoms with Crippen LogP contribution in [0.5, 0.6) is 0 Å². The summed E-state index contributed by atoms with van der Waals surface area (Å²) in [5.74, 6) is 0.551. The van der Waals surface area contributed by atoms with E-state index in [4.69, 9.17) is 0 Å². The molecule has 0 saturated carbocycles. The van der Waals surface area contributed by atoms with E-state index in [1.807, 2.05) is 78.5 Å². The highest BCUT2D eigenvalue weighted by Gasteiger charge is 2.22. The summed E-state index contributed by atoms with van der Waals surface area (Å²) < 4.78 is 1.89. The fourth-order valence-corrected chi connectivity index (χ4v) is 4.50. The molecule has 0 aliphatic heterocycles. The first-order valence-electron chi connectivity index (χ1n) is 11.2.